The molecule has 2 rings (SSSR count). The fourth-order valence-electron chi connectivity index (χ4n) is 2.44. The van der Waals surface area contributed by atoms with Crippen molar-refractivity contribution in [1.82, 2.24) is 5.32 Å². The van der Waals surface area contributed by atoms with Gasteiger partial charge in [0, 0.05) is 24.2 Å². The summed E-state index contributed by atoms with van der Waals surface area (Å²) in [5.41, 5.74) is 2.03. The van der Waals surface area contributed by atoms with Crippen LogP contribution in [0.3, 0.4) is 0 Å². The van der Waals surface area contributed by atoms with E-state index >= 15 is 0 Å². The Bertz CT molecular complexity index is 412. The van der Waals surface area contributed by atoms with Crippen LogP contribution < -0.4 is 5.32 Å². The van der Waals surface area contributed by atoms with E-state index in [2.05, 4.69) is 5.32 Å². The lowest BCUT2D eigenvalue weighted by molar-refractivity contribution is -0.385. The Labute approximate surface area is 101 Å². The monoisotopic (exact) mass is 234 g/mol. The lowest BCUT2D eigenvalue weighted by Crippen LogP contribution is -2.25. The molecular formula is C13H18N2O2. The van der Waals surface area contributed by atoms with Crippen LogP contribution in [0.5, 0.6) is 0 Å². The average Bonchev–Trinajstić information content (AvgIpc) is 2.80. The number of rotatable bonds is 4. The Balaban J connectivity index is 2.04. The number of hydrogen-bond donors (Lipinski definition) is 1. The van der Waals surface area contributed by atoms with Crippen LogP contribution in [0.2, 0.25) is 0 Å². The van der Waals surface area contributed by atoms with Crippen molar-refractivity contribution >= 4 is 5.69 Å². The van der Waals surface area contributed by atoms with Crippen molar-refractivity contribution in [3.8, 4) is 0 Å². The maximum atomic E-state index is 10.8. The average molecular weight is 234 g/mol. The van der Waals surface area contributed by atoms with Gasteiger partial charge in [0.2, 0.25) is 0 Å². The second-order valence-electron chi connectivity index (χ2n) is 4.68. The van der Waals surface area contributed by atoms with Crippen molar-refractivity contribution in [2.24, 2.45) is 0 Å². The van der Waals surface area contributed by atoms with Crippen LogP contribution in [0.1, 0.15) is 36.8 Å². The van der Waals surface area contributed by atoms with Gasteiger partial charge in [0.1, 0.15) is 0 Å². The Kier molecular flexibility index (Phi) is 3.74. The zero-order chi connectivity index (χ0) is 12.3. The van der Waals surface area contributed by atoms with Gasteiger partial charge in [0.15, 0.2) is 0 Å². The third-order valence-electron chi connectivity index (χ3n) is 3.55. The van der Waals surface area contributed by atoms with Gasteiger partial charge in [-0.1, -0.05) is 25.0 Å². The minimum absolute atomic E-state index is 0.218. The molecule has 0 aliphatic heterocycles. The molecule has 0 aromatic heterocycles. The van der Waals surface area contributed by atoms with Crippen molar-refractivity contribution in [3.05, 3.63) is 39.4 Å². The van der Waals surface area contributed by atoms with E-state index in [0.29, 0.717) is 6.04 Å². The zero-order valence-corrected chi connectivity index (χ0v) is 10.1. The number of nitro groups is 1. The summed E-state index contributed by atoms with van der Waals surface area (Å²) in [6, 6.07) is 5.88. The highest BCUT2D eigenvalue weighted by atomic mass is 16.6. The minimum atomic E-state index is -0.311. The van der Waals surface area contributed by atoms with Gasteiger partial charge in [-0.3, -0.25) is 10.1 Å². The molecule has 0 atom stereocenters. The molecule has 0 spiro atoms. The first-order valence-corrected chi connectivity index (χ1v) is 6.15. The van der Waals surface area contributed by atoms with Crippen LogP contribution >= 0.6 is 0 Å². The second kappa shape index (κ2) is 5.27. The molecule has 4 nitrogen and oxygen atoms in total. The molecule has 1 saturated carbocycles. The lowest BCUT2D eigenvalue weighted by Gasteiger charge is -2.13. The van der Waals surface area contributed by atoms with Gasteiger partial charge in [-0.05, 0) is 25.3 Å². The van der Waals surface area contributed by atoms with Crippen LogP contribution in [0.15, 0.2) is 18.2 Å². The number of hydrogen-bond acceptors (Lipinski definition) is 3. The van der Waals surface area contributed by atoms with Crippen LogP contribution in [0, 0.1) is 17.0 Å². The highest BCUT2D eigenvalue weighted by Crippen LogP contribution is 2.22. The summed E-state index contributed by atoms with van der Waals surface area (Å²) in [5.74, 6) is 0. The maximum absolute atomic E-state index is 10.8. The molecule has 0 unspecified atom stereocenters. The predicted octanol–water partition coefficient (Wildman–Crippen LogP) is 2.94. The molecule has 0 heterocycles. The lowest BCUT2D eigenvalue weighted by atomic mass is 10.1. The summed E-state index contributed by atoms with van der Waals surface area (Å²) in [7, 11) is 0. The summed E-state index contributed by atoms with van der Waals surface area (Å²) >= 11 is 0. The maximum Gasteiger partial charge on any atom is 0.272 e. The molecule has 17 heavy (non-hydrogen) atoms. The molecule has 4 heteroatoms. The molecule has 1 aliphatic carbocycles. The van der Waals surface area contributed by atoms with Gasteiger partial charge in [-0.25, -0.2) is 0 Å². The minimum Gasteiger partial charge on any atom is -0.310 e. The van der Waals surface area contributed by atoms with E-state index in [1.807, 2.05) is 13.0 Å². The van der Waals surface area contributed by atoms with Gasteiger partial charge < -0.3 is 5.32 Å². The third kappa shape index (κ3) is 2.82. The summed E-state index contributed by atoms with van der Waals surface area (Å²) in [6.07, 6.45) is 5.05. The van der Waals surface area contributed by atoms with Crippen LogP contribution in [0.4, 0.5) is 5.69 Å². The normalized spacial score (nSPS) is 16.3. The first-order chi connectivity index (χ1) is 8.18. The fourth-order valence-corrected chi connectivity index (χ4v) is 2.44. The van der Waals surface area contributed by atoms with E-state index in [1.54, 1.807) is 12.1 Å². The second-order valence-corrected chi connectivity index (χ2v) is 4.68. The van der Waals surface area contributed by atoms with Crippen molar-refractivity contribution < 1.29 is 4.92 Å². The first kappa shape index (κ1) is 12.0. The smallest absolute Gasteiger partial charge is 0.272 e. The molecule has 0 amide bonds. The third-order valence-corrected chi connectivity index (χ3v) is 3.55. The highest BCUT2D eigenvalue weighted by Gasteiger charge is 2.16. The van der Waals surface area contributed by atoms with E-state index in [-0.39, 0.29) is 10.6 Å². The van der Waals surface area contributed by atoms with Crippen molar-refractivity contribution in [1.29, 1.82) is 0 Å². The summed E-state index contributed by atoms with van der Waals surface area (Å²) in [6.45, 7) is 2.56. The Morgan fingerprint density at radius 3 is 2.76 bits per heavy atom. The van der Waals surface area contributed by atoms with Gasteiger partial charge in [0.05, 0.1) is 4.92 Å². The quantitative estimate of drug-likeness (QED) is 0.643. The molecule has 0 bridgehead atoms. The molecule has 0 radical (unpaired) electrons. The fraction of sp³-hybridized carbons (Fsp3) is 0.538. The van der Waals surface area contributed by atoms with E-state index in [1.165, 1.54) is 25.7 Å². The Morgan fingerprint density at radius 1 is 1.41 bits per heavy atom. The van der Waals surface area contributed by atoms with Gasteiger partial charge in [-0.2, -0.15) is 0 Å². The highest BCUT2D eigenvalue weighted by molar-refractivity contribution is 5.44. The Morgan fingerprint density at radius 2 is 2.12 bits per heavy atom. The van der Waals surface area contributed by atoms with Gasteiger partial charge in [0.25, 0.3) is 5.69 Å². The standard InChI is InChI=1S/C13H18N2O2/c1-10-11(5-4-8-13(10)15(16)17)9-14-12-6-2-3-7-12/h4-5,8,12,14H,2-3,6-7,9H2,1H3. The van der Waals surface area contributed by atoms with Crippen molar-refractivity contribution in [2.45, 2.75) is 45.2 Å². The van der Waals surface area contributed by atoms with Gasteiger partial charge in [-0.15, -0.1) is 0 Å². The number of nitro benzene ring substituents is 1. The number of benzene rings is 1. The zero-order valence-electron chi connectivity index (χ0n) is 10.1. The van der Waals surface area contributed by atoms with Crippen molar-refractivity contribution in [3.63, 3.8) is 0 Å². The van der Waals surface area contributed by atoms with Crippen molar-refractivity contribution in [2.75, 3.05) is 0 Å². The van der Waals surface area contributed by atoms with E-state index < -0.39 is 0 Å². The Hall–Kier alpha value is -1.42. The first-order valence-electron chi connectivity index (χ1n) is 6.15. The predicted molar refractivity (Wildman–Crippen MR) is 66.9 cm³/mol. The number of nitrogens with zero attached hydrogens (tertiary/aromatic N) is 1. The van der Waals surface area contributed by atoms with E-state index in [9.17, 15) is 10.1 Å². The molecule has 1 aliphatic rings. The van der Waals surface area contributed by atoms with Gasteiger partial charge >= 0.3 is 0 Å². The molecular weight excluding hydrogens is 216 g/mol. The number of nitrogens with one attached hydrogen (secondary N) is 1. The molecule has 1 aromatic rings. The topological polar surface area (TPSA) is 55.2 Å². The molecule has 1 aromatic carbocycles. The van der Waals surface area contributed by atoms with Crippen LogP contribution in [0.25, 0.3) is 0 Å². The van der Waals surface area contributed by atoms with E-state index in [4.69, 9.17) is 0 Å². The summed E-state index contributed by atoms with van der Waals surface area (Å²) in [4.78, 5) is 10.5. The molecule has 1 fully saturated rings. The SMILES string of the molecule is Cc1c(CNC2CCCC2)cccc1[N+](=O)[O-]. The van der Waals surface area contributed by atoms with Crippen LogP contribution in [-0.4, -0.2) is 11.0 Å². The molecule has 0 saturated heterocycles. The molecule has 92 valence electrons. The largest absolute Gasteiger partial charge is 0.310 e. The summed E-state index contributed by atoms with van der Waals surface area (Å²) < 4.78 is 0. The van der Waals surface area contributed by atoms with Crippen LogP contribution in [-0.2, 0) is 6.54 Å². The summed E-state index contributed by atoms with van der Waals surface area (Å²) in [5, 5.41) is 14.3. The molecule has 1 N–H and O–H groups in total. The van der Waals surface area contributed by atoms with E-state index in [0.717, 1.165) is 17.7 Å².